The average molecular weight is 311 g/mol. The van der Waals surface area contributed by atoms with Gasteiger partial charge in [0.2, 0.25) is 0 Å². The van der Waals surface area contributed by atoms with E-state index < -0.39 is 11.7 Å². The minimum atomic E-state index is -0.643. The molecule has 0 saturated heterocycles. The number of aromatic nitrogens is 4. The summed E-state index contributed by atoms with van der Waals surface area (Å²) < 4.78 is 15.2. The topological polar surface area (TPSA) is 72.7 Å². The van der Waals surface area contributed by atoms with Crippen LogP contribution in [0.5, 0.6) is 0 Å². The number of carbonyl (C=O) groups is 1. The molecular weight excluding hydrogens is 297 g/mol. The molecule has 0 spiro atoms. The van der Waals surface area contributed by atoms with Gasteiger partial charge in [0.05, 0.1) is 23.7 Å². The molecule has 23 heavy (non-hydrogen) atoms. The molecule has 0 aliphatic heterocycles. The van der Waals surface area contributed by atoms with Crippen LogP contribution < -0.4 is 5.32 Å². The van der Waals surface area contributed by atoms with Crippen molar-refractivity contribution in [2.45, 2.75) is 6.54 Å². The maximum atomic E-state index is 13.5. The molecule has 0 unspecified atom stereocenters. The van der Waals surface area contributed by atoms with Crippen LogP contribution in [0, 0.1) is 5.82 Å². The molecule has 3 rings (SSSR count). The van der Waals surface area contributed by atoms with Gasteiger partial charge in [-0.1, -0.05) is 0 Å². The van der Waals surface area contributed by atoms with E-state index in [1.807, 2.05) is 19.3 Å². The van der Waals surface area contributed by atoms with Crippen LogP contribution in [0.2, 0.25) is 0 Å². The lowest BCUT2D eigenvalue weighted by molar-refractivity contribution is 0.0946. The molecule has 116 valence electrons. The second kappa shape index (κ2) is 6.35. The number of nitrogens with zero attached hydrogens (tertiary/aromatic N) is 4. The fourth-order valence-electron chi connectivity index (χ4n) is 2.13. The van der Waals surface area contributed by atoms with E-state index in [1.54, 1.807) is 23.1 Å². The molecule has 7 heteroatoms. The van der Waals surface area contributed by atoms with E-state index in [0.717, 1.165) is 23.0 Å². The van der Waals surface area contributed by atoms with Crippen LogP contribution in [-0.2, 0) is 13.6 Å². The van der Waals surface area contributed by atoms with Crippen LogP contribution in [0.3, 0.4) is 0 Å². The number of rotatable bonds is 4. The third-order valence-electron chi connectivity index (χ3n) is 3.30. The minimum absolute atomic E-state index is 0.0264. The first-order chi connectivity index (χ1) is 11.1. The van der Waals surface area contributed by atoms with E-state index in [2.05, 4.69) is 20.4 Å². The highest BCUT2D eigenvalue weighted by Crippen LogP contribution is 2.16. The van der Waals surface area contributed by atoms with Gasteiger partial charge in [0.25, 0.3) is 5.91 Å². The highest BCUT2D eigenvalue weighted by atomic mass is 19.1. The van der Waals surface area contributed by atoms with Crippen molar-refractivity contribution in [2.24, 2.45) is 7.05 Å². The summed E-state index contributed by atoms with van der Waals surface area (Å²) in [5.74, 6) is -1.12. The third kappa shape index (κ3) is 3.39. The summed E-state index contributed by atoms with van der Waals surface area (Å²) in [5.41, 5.74) is 2.49. The van der Waals surface area contributed by atoms with Crippen LogP contribution in [0.15, 0.2) is 49.2 Å². The Bertz CT molecular complexity index is 846. The molecule has 0 fully saturated rings. The van der Waals surface area contributed by atoms with Gasteiger partial charge in [-0.3, -0.25) is 19.4 Å². The molecule has 1 amide bonds. The second-order valence-corrected chi connectivity index (χ2v) is 4.99. The zero-order valence-electron chi connectivity index (χ0n) is 12.4. The summed E-state index contributed by atoms with van der Waals surface area (Å²) in [6.07, 6.45) is 7.64. The van der Waals surface area contributed by atoms with Crippen molar-refractivity contribution in [3.05, 3.63) is 66.1 Å². The number of halogens is 1. The maximum absolute atomic E-state index is 13.5. The molecule has 3 heterocycles. The summed E-state index contributed by atoms with van der Waals surface area (Å²) in [6, 6.07) is 5.00. The minimum Gasteiger partial charge on any atom is -0.348 e. The van der Waals surface area contributed by atoms with E-state index in [-0.39, 0.29) is 12.1 Å². The quantitative estimate of drug-likeness (QED) is 0.799. The lowest BCUT2D eigenvalue weighted by Crippen LogP contribution is -2.23. The van der Waals surface area contributed by atoms with Gasteiger partial charge in [-0.25, -0.2) is 4.39 Å². The Morgan fingerprint density at radius 1 is 1.30 bits per heavy atom. The van der Waals surface area contributed by atoms with Crippen LogP contribution in [0.1, 0.15) is 15.9 Å². The standard InChI is InChI=1S/C16H14FN5O/c1-22-10-12(8-21-22)15-6-11(2-5-19-15)7-20-16(23)13-3-4-18-9-14(13)17/h2-6,8-10H,7H2,1H3,(H,20,23). The zero-order valence-corrected chi connectivity index (χ0v) is 12.4. The Morgan fingerprint density at radius 2 is 2.17 bits per heavy atom. The maximum Gasteiger partial charge on any atom is 0.254 e. The molecule has 0 aliphatic carbocycles. The Kier molecular flexibility index (Phi) is 4.09. The Hall–Kier alpha value is -3.09. The number of nitrogens with one attached hydrogen (secondary N) is 1. The lowest BCUT2D eigenvalue weighted by atomic mass is 10.1. The Labute approximate surface area is 132 Å². The van der Waals surface area contributed by atoms with Gasteiger partial charge in [0.1, 0.15) is 0 Å². The van der Waals surface area contributed by atoms with E-state index in [1.165, 1.54) is 12.3 Å². The highest BCUT2D eigenvalue weighted by Gasteiger charge is 2.11. The Morgan fingerprint density at radius 3 is 2.91 bits per heavy atom. The molecule has 0 atom stereocenters. The van der Waals surface area contributed by atoms with E-state index in [0.29, 0.717) is 0 Å². The highest BCUT2D eigenvalue weighted by molar-refractivity contribution is 5.94. The summed E-state index contributed by atoms with van der Waals surface area (Å²) in [6.45, 7) is 0.274. The molecule has 0 bridgehead atoms. The molecular formula is C16H14FN5O. The number of pyridine rings is 2. The molecule has 6 nitrogen and oxygen atoms in total. The predicted molar refractivity (Wildman–Crippen MR) is 81.8 cm³/mol. The molecule has 0 aliphatic rings. The Balaban J connectivity index is 1.71. The number of aryl methyl sites for hydroxylation is 1. The van der Waals surface area contributed by atoms with Gasteiger partial charge in [-0.2, -0.15) is 5.10 Å². The molecule has 1 N–H and O–H groups in total. The lowest BCUT2D eigenvalue weighted by Gasteiger charge is -2.07. The molecule has 0 aromatic carbocycles. The zero-order chi connectivity index (χ0) is 16.2. The van der Waals surface area contributed by atoms with Crippen molar-refractivity contribution in [3.63, 3.8) is 0 Å². The summed E-state index contributed by atoms with van der Waals surface area (Å²) in [5, 5.41) is 6.79. The van der Waals surface area contributed by atoms with Crippen LogP contribution >= 0.6 is 0 Å². The molecule has 3 aromatic heterocycles. The average Bonchev–Trinajstić information content (AvgIpc) is 3.00. The van der Waals surface area contributed by atoms with Gasteiger partial charge < -0.3 is 5.32 Å². The first kappa shape index (κ1) is 14.8. The second-order valence-electron chi connectivity index (χ2n) is 4.99. The molecule has 3 aromatic rings. The van der Waals surface area contributed by atoms with Crippen LogP contribution in [-0.4, -0.2) is 25.7 Å². The third-order valence-corrected chi connectivity index (χ3v) is 3.30. The van der Waals surface area contributed by atoms with Crippen molar-refractivity contribution in [2.75, 3.05) is 0 Å². The molecule has 0 saturated carbocycles. The van der Waals surface area contributed by atoms with E-state index >= 15 is 0 Å². The number of hydrogen-bond donors (Lipinski definition) is 1. The van der Waals surface area contributed by atoms with Crippen molar-refractivity contribution >= 4 is 5.91 Å². The van der Waals surface area contributed by atoms with Crippen molar-refractivity contribution < 1.29 is 9.18 Å². The van der Waals surface area contributed by atoms with Gasteiger partial charge in [-0.05, 0) is 23.8 Å². The SMILES string of the molecule is Cn1cc(-c2cc(CNC(=O)c3ccncc3F)ccn2)cn1. The van der Waals surface area contributed by atoms with Crippen LogP contribution in [0.4, 0.5) is 4.39 Å². The van der Waals surface area contributed by atoms with Gasteiger partial charge in [-0.15, -0.1) is 0 Å². The van der Waals surface area contributed by atoms with Crippen molar-refractivity contribution in [1.29, 1.82) is 0 Å². The largest absolute Gasteiger partial charge is 0.348 e. The number of hydrogen-bond acceptors (Lipinski definition) is 4. The number of amides is 1. The van der Waals surface area contributed by atoms with Gasteiger partial charge in [0, 0.05) is 37.7 Å². The first-order valence-corrected chi connectivity index (χ1v) is 6.95. The smallest absolute Gasteiger partial charge is 0.254 e. The van der Waals surface area contributed by atoms with E-state index in [9.17, 15) is 9.18 Å². The monoisotopic (exact) mass is 311 g/mol. The summed E-state index contributed by atoms with van der Waals surface area (Å²) in [4.78, 5) is 19.9. The first-order valence-electron chi connectivity index (χ1n) is 6.95. The fraction of sp³-hybridized carbons (Fsp3) is 0.125. The van der Waals surface area contributed by atoms with Gasteiger partial charge >= 0.3 is 0 Å². The van der Waals surface area contributed by atoms with E-state index in [4.69, 9.17) is 0 Å². The normalized spacial score (nSPS) is 10.5. The van der Waals surface area contributed by atoms with Crippen LogP contribution in [0.25, 0.3) is 11.3 Å². The van der Waals surface area contributed by atoms with Crippen molar-refractivity contribution in [3.8, 4) is 11.3 Å². The predicted octanol–water partition coefficient (Wildman–Crippen LogP) is 1.95. The van der Waals surface area contributed by atoms with Gasteiger partial charge in [0.15, 0.2) is 5.82 Å². The molecule has 0 radical (unpaired) electrons. The van der Waals surface area contributed by atoms with Crippen molar-refractivity contribution in [1.82, 2.24) is 25.1 Å². The summed E-state index contributed by atoms with van der Waals surface area (Å²) in [7, 11) is 1.83. The summed E-state index contributed by atoms with van der Waals surface area (Å²) >= 11 is 0. The fourth-order valence-corrected chi connectivity index (χ4v) is 2.13. The number of carbonyl (C=O) groups excluding carboxylic acids is 1.